The van der Waals surface area contributed by atoms with Crippen LogP contribution in [0.25, 0.3) is 0 Å². The molecule has 0 radical (unpaired) electrons. The molecule has 0 fully saturated rings. The van der Waals surface area contributed by atoms with Gasteiger partial charge in [0.2, 0.25) is 0 Å². The van der Waals surface area contributed by atoms with Crippen molar-refractivity contribution in [2.45, 2.75) is 52.1 Å². The zero-order valence-electron chi connectivity index (χ0n) is 16.8. The van der Waals surface area contributed by atoms with Crippen molar-refractivity contribution in [2.24, 2.45) is 0 Å². The molecule has 0 aliphatic heterocycles. The van der Waals surface area contributed by atoms with Gasteiger partial charge in [0.25, 0.3) is 0 Å². The summed E-state index contributed by atoms with van der Waals surface area (Å²) in [6.07, 6.45) is 3.92. The molecule has 0 N–H and O–H groups in total. The predicted octanol–water partition coefficient (Wildman–Crippen LogP) is 6.01. The smallest absolute Gasteiger partial charge is 0.339 e. The molecule has 2 rings (SSSR count). The first-order valence-electron chi connectivity index (χ1n) is 9.86. The average Bonchev–Trinajstić information content (AvgIpc) is 2.70. The maximum atomic E-state index is 13.9. The van der Waals surface area contributed by atoms with Crippen LogP contribution in [-0.4, -0.2) is 18.5 Å². The number of hydrogen-bond donors (Lipinski definition) is 0. The summed E-state index contributed by atoms with van der Waals surface area (Å²) < 4.78 is 38.3. The maximum Gasteiger partial charge on any atom is 0.339 e. The Hall–Kier alpha value is -2.76. The molecule has 4 nitrogen and oxygen atoms in total. The topological polar surface area (TPSA) is 52.6 Å². The summed E-state index contributed by atoms with van der Waals surface area (Å²) in [4.78, 5) is 24.9. The van der Waals surface area contributed by atoms with Crippen molar-refractivity contribution in [2.75, 3.05) is 6.61 Å². The Kier molecular flexibility index (Phi) is 8.77. The van der Waals surface area contributed by atoms with Crippen molar-refractivity contribution in [3.63, 3.8) is 0 Å². The lowest BCUT2D eigenvalue weighted by molar-refractivity contribution is 0.0311. The van der Waals surface area contributed by atoms with Crippen LogP contribution in [0.4, 0.5) is 8.78 Å². The Balaban J connectivity index is 2.03. The number of benzene rings is 2. The van der Waals surface area contributed by atoms with Crippen molar-refractivity contribution >= 4 is 11.9 Å². The van der Waals surface area contributed by atoms with Gasteiger partial charge >= 0.3 is 11.9 Å². The molecule has 0 bridgehead atoms. The Labute approximate surface area is 169 Å². The van der Waals surface area contributed by atoms with E-state index < -0.39 is 29.7 Å². The number of halogens is 2. The Morgan fingerprint density at radius 3 is 2.07 bits per heavy atom. The molecule has 0 aromatic heterocycles. The van der Waals surface area contributed by atoms with E-state index in [1.54, 1.807) is 12.1 Å². The molecule has 29 heavy (non-hydrogen) atoms. The summed E-state index contributed by atoms with van der Waals surface area (Å²) in [6.45, 7) is 3.76. The SMILES string of the molecule is CCCCCCCOC(=O)c1ccccc1C(=O)OC(C)c1c(F)cccc1F. The van der Waals surface area contributed by atoms with E-state index in [1.165, 1.54) is 25.1 Å². The lowest BCUT2D eigenvalue weighted by atomic mass is 10.1. The third kappa shape index (κ3) is 6.38. The van der Waals surface area contributed by atoms with E-state index in [0.717, 1.165) is 44.2 Å². The van der Waals surface area contributed by atoms with Crippen molar-refractivity contribution in [3.8, 4) is 0 Å². The number of carbonyl (C=O) groups is 2. The highest BCUT2D eigenvalue weighted by Gasteiger charge is 2.24. The molecule has 2 aromatic rings. The summed E-state index contributed by atoms with van der Waals surface area (Å²) in [7, 11) is 0. The van der Waals surface area contributed by atoms with Crippen LogP contribution in [0.3, 0.4) is 0 Å². The van der Waals surface area contributed by atoms with Gasteiger partial charge in [0, 0.05) is 0 Å². The van der Waals surface area contributed by atoms with E-state index >= 15 is 0 Å². The number of carbonyl (C=O) groups excluding carboxylic acids is 2. The van der Waals surface area contributed by atoms with Gasteiger partial charge in [-0.05, 0) is 37.6 Å². The second-order valence-corrected chi connectivity index (χ2v) is 6.78. The molecule has 156 valence electrons. The highest BCUT2D eigenvalue weighted by atomic mass is 19.1. The summed E-state index contributed by atoms with van der Waals surface area (Å²) in [5.74, 6) is -3.09. The quantitative estimate of drug-likeness (QED) is 0.359. The summed E-state index contributed by atoms with van der Waals surface area (Å²) in [5, 5.41) is 0. The third-order valence-electron chi connectivity index (χ3n) is 4.54. The number of rotatable bonds is 10. The zero-order valence-corrected chi connectivity index (χ0v) is 16.8. The Bertz CT molecular complexity index is 815. The van der Waals surface area contributed by atoms with E-state index in [4.69, 9.17) is 9.47 Å². The second-order valence-electron chi connectivity index (χ2n) is 6.78. The Morgan fingerprint density at radius 1 is 0.862 bits per heavy atom. The van der Waals surface area contributed by atoms with Crippen LogP contribution in [0.2, 0.25) is 0 Å². The summed E-state index contributed by atoms with van der Waals surface area (Å²) >= 11 is 0. The monoisotopic (exact) mass is 404 g/mol. The van der Waals surface area contributed by atoms with Crippen molar-refractivity contribution in [1.82, 2.24) is 0 Å². The lowest BCUT2D eigenvalue weighted by Gasteiger charge is -2.16. The molecule has 0 heterocycles. The molecule has 1 unspecified atom stereocenters. The van der Waals surface area contributed by atoms with Crippen LogP contribution >= 0.6 is 0 Å². The fraction of sp³-hybridized carbons (Fsp3) is 0.391. The van der Waals surface area contributed by atoms with Gasteiger partial charge in [-0.3, -0.25) is 0 Å². The summed E-state index contributed by atoms with van der Waals surface area (Å²) in [6, 6.07) is 9.48. The summed E-state index contributed by atoms with van der Waals surface area (Å²) in [5.41, 5.74) is -0.285. The highest BCUT2D eigenvalue weighted by molar-refractivity contribution is 6.03. The first-order valence-corrected chi connectivity index (χ1v) is 9.86. The van der Waals surface area contributed by atoms with Gasteiger partial charge in [-0.1, -0.05) is 50.8 Å². The van der Waals surface area contributed by atoms with E-state index in [9.17, 15) is 18.4 Å². The minimum Gasteiger partial charge on any atom is -0.462 e. The van der Waals surface area contributed by atoms with E-state index in [2.05, 4.69) is 6.92 Å². The molecule has 6 heteroatoms. The normalized spacial score (nSPS) is 11.7. The van der Waals surface area contributed by atoms with Crippen molar-refractivity contribution in [1.29, 1.82) is 0 Å². The van der Waals surface area contributed by atoms with E-state index in [0.29, 0.717) is 0 Å². The predicted molar refractivity (Wildman–Crippen MR) is 106 cm³/mol. The molecule has 0 saturated carbocycles. The van der Waals surface area contributed by atoms with Crippen molar-refractivity contribution < 1.29 is 27.8 Å². The molecule has 1 atom stereocenters. The van der Waals surface area contributed by atoms with Crippen LogP contribution in [-0.2, 0) is 9.47 Å². The van der Waals surface area contributed by atoms with Crippen LogP contribution in [0.5, 0.6) is 0 Å². The highest BCUT2D eigenvalue weighted by Crippen LogP contribution is 2.25. The van der Waals surface area contributed by atoms with Gasteiger partial charge in [0.15, 0.2) is 0 Å². The average molecular weight is 404 g/mol. The minimum absolute atomic E-state index is 0.00733. The molecule has 0 amide bonds. The van der Waals surface area contributed by atoms with Crippen LogP contribution in [0, 0.1) is 11.6 Å². The van der Waals surface area contributed by atoms with Gasteiger partial charge in [-0.25, -0.2) is 18.4 Å². The fourth-order valence-electron chi connectivity index (χ4n) is 2.97. The van der Waals surface area contributed by atoms with Gasteiger partial charge in [-0.2, -0.15) is 0 Å². The number of ether oxygens (including phenoxy) is 2. The van der Waals surface area contributed by atoms with Gasteiger partial charge in [0.05, 0.1) is 23.3 Å². The van der Waals surface area contributed by atoms with Crippen molar-refractivity contribution in [3.05, 3.63) is 70.8 Å². The molecule has 0 aliphatic rings. The van der Waals surface area contributed by atoms with E-state index in [-0.39, 0.29) is 23.3 Å². The number of hydrogen-bond acceptors (Lipinski definition) is 4. The van der Waals surface area contributed by atoms with E-state index in [1.807, 2.05) is 0 Å². The van der Waals surface area contributed by atoms with Gasteiger partial charge in [0.1, 0.15) is 17.7 Å². The molecule has 0 spiro atoms. The van der Waals surface area contributed by atoms with Crippen LogP contribution in [0.15, 0.2) is 42.5 Å². The molecule has 2 aromatic carbocycles. The number of unbranched alkanes of at least 4 members (excludes halogenated alkanes) is 4. The largest absolute Gasteiger partial charge is 0.462 e. The first-order chi connectivity index (χ1) is 14.0. The maximum absolute atomic E-state index is 13.9. The fourth-order valence-corrected chi connectivity index (χ4v) is 2.97. The Morgan fingerprint density at radius 2 is 1.45 bits per heavy atom. The zero-order chi connectivity index (χ0) is 21.2. The molecular formula is C23H26F2O4. The minimum atomic E-state index is -1.16. The standard InChI is InChI=1S/C23H26F2O4/c1-3-4-5-6-9-15-28-22(26)17-11-7-8-12-18(17)23(27)29-16(2)21-19(24)13-10-14-20(21)25/h7-8,10-14,16H,3-6,9,15H2,1-2H3. The number of esters is 2. The molecule has 0 saturated heterocycles. The second kappa shape index (κ2) is 11.3. The lowest BCUT2D eigenvalue weighted by Crippen LogP contribution is -2.17. The molecular weight excluding hydrogens is 378 g/mol. The van der Waals surface area contributed by atoms with Crippen LogP contribution in [0.1, 0.15) is 78.3 Å². The first kappa shape index (κ1) is 22.5. The molecule has 0 aliphatic carbocycles. The van der Waals surface area contributed by atoms with Crippen LogP contribution < -0.4 is 0 Å². The van der Waals surface area contributed by atoms with Gasteiger partial charge < -0.3 is 9.47 Å². The van der Waals surface area contributed by atoms with Gasteiger partial charge in [-0.15, -0.1) is 0 Å². The third-order valence-corrected chi connectivity index (χ3v) is 4.54.